The molecule has 0 saturated heterocycles. The van der Waals surface area contributed by atoms with Crippen molar-refractivity contribution in [1.29, 1.82) is 0 Å². The lowest BCUT2D eigenvalue weighted by Crippen LogP contribution is -2.34. The van der Waals surface area contributed by atoms with E-state index in [1.54, 1.807) is 18.2 Å². The van der Waals surface area contributed by atoms with Crippen molar-refractivity contribution in [3.63, 3.8) is 0 Å². The van der Waals surface area contributed by atoms with Gasteiger partial charge in [-0.1, -0.05) is 30.3 Å². The molecule has 0 heterocycles. The Morgan fingerprint density at radius 3 is 2.66 bits per heavy atom. The van der Waals surface area contributed by atoms with Gasteiger partial charge in [0.2, 0.25) is 0 Å². The molecule has 0 spiro atoms. The lowest BCUT2D eigenvalue weighted by Gasteiger charge is -2.12. The van der Waals surface area contributed by atoms with Gasteiger partial charge in [0.15, 0.2) is 5.11 Å². The largest absolute Gasteiger partial charge is 0.493 e. The van der Waals surface area contributed by atoms with Crippen LogP contribution in [0.2, 0.25) is 0 Å². The highest BCUT2D eigenvalue weighted by Crippen LogP contribution is 2.37. The van der Waals surface area contributed by atoms with E-state index in [2.05, 4.69) is 63.0 Å². The minimum absolute atomic E-state index is 0.260. The van der Waals surface area contributed by atoms with Crippen LogP contribution in [0.3, 0.4) is 0 Å². The molecule has 1 aliphatic rings. The lowest BCUT2D eigenvalue weighted by molar-refractivity contribution is 0.0977. The highest BCUT2D eigenvalue weighted by atomic mass is 79.9. The maximum atomic E-state index is 12.5. The summed E-state index contributed by atoms with van der Waals surface area (Å²) < 4.78 is 6.20. The van der Waals surface area contributed by atoms with E-state index >= 15 is 0 Å². The molecule has 4 rings (SSSR count). The number of hydrogen-bond donors (Lipinski definition) is 2. The molecule has 0 unspecified atom stereocenters. The standard InChI is InChI=1S/C23H19BrN2O2S/c1-2-28-21-10-7-15(13-20(21)24)22(27)26-23(29)25-17-8-9-19-16(12-17)11-14-5-3-4-6-18(14)19/h3-10,12-13H,2,11H2,1H3,(H2,25,26,27,29). The summed E-state index contributed by atoms with van der Waals surface area (Å²) in [6.45, 7) is 2.47. The minimum atomic E-state index is -0.278. The maximum absolute atomic E-state index is 12.5. The fourth-order valence-corrected chi connectivity index (χ4v) is 4.18. The number of fused-ring (bicyclic) bond motifs is 3. The predicted octanol–water partition coefficient (Wildman–Crippen LogP) is 5.55. The van der Waals surface area contributed by atoms with Crippen LogP contribution in [0.4, 0.5) is 5.69 Å². The molecule has 0 radical (unpaired) electrons. The molecule has 3 aromatic rings. The highest BCUT2D eigenvalue weighted by Gasteiger charge is 2.18. The van der Waals surface area contributed by atoms with Crippen LogP contribution < -0.4 is 15.4 Å². The quantitative estimate of drug-likeness (QED) is 0.387. The van der Waals surface area contributed by atoms with Gasteiger partial charge in [0.1, 0.15) is 5.75 Å². The number of amides is 1. The molecule has 0 aliphatic heterocycles. The van der Waals surface area contributed by atoms with Crippen molar-refractivity contribution >= 4 is 44.9 Å². The van der Waals surface area contributed by atoms with Crippen molar-refractivity contribution in [2.75, 3.05) is 11.9 Å². The van der Waals surface area contributed by atoms with Crippen LogP contribution >= 0.6 is 28.1 Å². The van der Waals surface area contributed by atoms with Gasteiger partial charge in [-0.3, -0.25) is 10.1 Å². The topological polar surface area (TPSA) is 50.4 Å². The molecule has 2 N–H and O–H groups in total. The third-order valence-electron chi connectivity index (χ3n) is 4.77. The second-order valence-electron chi connectivity index (χ2n) is 6.69. The summed E-state index contributed by atoms with van der Waals surface area (Å²) in [4.78, 5) is 12.5. The SMILES string of the molecule is CCOc1ccc(C(=O)NC(=S)Nc2ccc3c(c2)Cc2ccccc2-3)cc1Br. The van der Waals surface area contributed by atoms with Crippen LogP contribution in [0.25, 0.3) is 11.1 Å². The van der Waals surface area contributed by atoms with Gasteiger partial charge in [-0.15, -0.1) is 0 Å². The van der Waals surface area contributed by atoms with E-state index in [9.17, 15) is 4.79 Å². The zero-order valence-electron chi connectivity index (χ0n) is 15.8. The first-order valence-electron chi connectivity index (χ1n) is 9.31. The highest BCUT2D eigenvalue weighted by molar-refractivity contribution is 9.10. The lowest BCUT2D eigenvalue weighted by atomic mass is 10.1. The van der Waals surface area contributed by atoms with Gasteiger partial charge in [0, 0.05) is 11.3 Å². The van der Waals surface area contributed by atoms with Crippen LogP contribution in [-0.2, 0) is 6.42 Å². The Morgan fingerprint density at radius 1 is 1.07 bits per heavy atom. The Morgan fingerprint density at radius 2 is 1.86 bits per heavy atom. The molecular weight excluding hydrogens is 448 g/mol. The molecular formula is C23H19BrN2O2S. The monoisotopic (exact) mass is 466 g/mol. The summed E-state index contributed by atoms with van der Waals surface area (Å²) in [6.07, 6.45) is 0.903. The van der Waals surface area contributed by atoms with Gasteiger partial charge in [0.05, 0.1) is 11.1 Å². The molecule has 6 heteroatoms. The van der Waals surface area contributed by atoms with E-state index in [-0.39, 0.29) is 11.0 Å². The van der Waals surface area contributed by atoms with E-state index in [4.69, 9.17) is 17.0 Å². The fraction of sp³-hybridized carbons (Fsp3) is 0.130. The normalized spacial score (nSPS) is 11.4. The van der Waals surface area contributed by atoms with E-state index in [0.717, 1.165) is 16.6 Å². The van der Waals surface area contributed by atoms with Crippen molar-refractivity contribution in [2.45, 2.75) is 13.3 Å². The first-order valence-corrected chi connectivity index (χ1v) is 10.5. The third-order valence-corrected chi connectivity index (χ3v) is 5.60. The van der Waals surface area contributed by atoms with Gasteiger partial charge < -0.3 is 10.1 Å². The number of halogens is 1. The average molecular weight is 467 g/mol. The molecule has 0 aromatic heterocycles. The van der Waals surface area contributed by atoms with E-state index in [1.165, 1.54) is 22.3 Å². The van der Waals surface area contributed by atoms with Crippen LogP contribution in [0, 0.1) is 0 Å². The van der Waals surface area contributed by atoms with E-state index in [0.29, 0.717) is 17.9 Å². The first kappa shape index (κ1) is 19.6. The molecule has 0 atom stereocenters. The Balaban J connectivity index is 1.42. The van der Waals surface area contributed by atoms with Crippen molar-refractivity contribution < 1.29 is 9.53 Å². The number of carbonyl (C=O) groups excluding carboxylic acids is 1. The van der Waals surface area contributed by atoms with Crippen LogP contribution in [0.15, 0.2) is 65.1 Å². The maximum Gasteiger partial charge on any atom is 0.257 e. The Labute approximate surface area is 183 Å². The summed E-state index contributed by atoms with van der Waals surface area (Å²) in [5.74, 6) is 0.420. The van der Waals surface area contributed by atoms with Gasteiger partial charge in [-0.2, -0.15) is 0 Å². The van der Waals surface area contributed by atoms with Crippen molar-refractivity contribution in [3.05, 3.63) is 81.8 Å². The number of anilines is 1. The Hall–Kier alpha value is -2.70. The van der Waals surface area contributed by atoms with E-state index in [1.807, 2.05) is 13.0 Å². The predicted molar refractivity (Wildman–Crippen MR) is 124 cm³/mol. The molecule has 0 bridgehead atoms. The molecule has 4 nitrogen and oxygen atoms in total. The summed E-state index contributed by atoms with van der Waals surface area (Å²) in [5.41, 5.74) is 6.47. The zero-order valence-corrected chi connectivity index (χ0v) is 18.2. The number of ether oxygens (including phenoxy) is 1. The second-order valence-corrected chi connectivity index (χ2v) is 7.95. The van der Waals surface area contributed by atoms with Gasteiger partial charge in [0.25, 0.3) is 5.91 Å². The first-order chi connectivity index (χ1) is 14.0. The number of thiocarbonyl (C=S) groups is 1. The number of nitrogens with one attached hydrogen (secondary N) is 2. The van der Waals surface area contributed by atoms with Gasteiger partial charge >= 0.3 is 0 Å². The summed E-state index contributed by atoms with van der Waals surface area (Å²) in [5, 5.41) is 6.10. The third kappa shape index (κ3) is 4.18. The minimum Gasteiger partial charge on any atom is -0.493 e. The molecule has 1 aliphatic carbocycles. The molecule has 3 aromatic carbocycles. The molecule has 29 heavy (non-hydrogen) atoms. The van der Waals surface area contributed by atoms with Crippen molar-refractivity contribution in [3.8, 4) is 16.9 Å². The number of carbonyl (C=O) groups is 1. The molecule has 0 fully saturated rings. The average Bonchev–Trinajstić information content (AvgIpc) is 3.07. The van der Waals surface area contributed by atoms with Crippen molar-refractivity contribution in [1.82, 2.24) is 5.32 Å². The number of benzene rings is 3. The second kappa shape index (κ2) is 8.35. The zero-order chi connectivity index (χ0) is 20.4. The van der Waals surface area contributed by atoms with Crippen LogP contribution in [0.5, 0.6) is 5.75 Å². The number of rotatable bonds is 4. The summed E-state index contributed by atoms with van der Waals surface area (Å²) in [6, 6.07) is 19.8. The van der Waals surface area contributed by atoms with Crippen LogP contribution in [-0.4, -0.2) is 17.6 Å². The number of hydrogen-bond acceptors (Lipinski definition) is 3. The van der Waals surface area contributed by atoms with Gasteiger partial charge in [-0.25, -0.2) is 0 Å². The smallest absolute Gasteiger partial charge is 0.257 e. The summed E-state index contributed by atoms with van der Waals surface area (Å²) in [7, 11) is 0. The summed E-state index contributed by atoms with van der Waals surface area (Å²) >= 11 is 8.75. The Bertz CT molecular complexity index is 1110. The molecule has 1 amide bonds. The fourth-order valence-electron chi connectivity index (χ4n) is 3.48. The van der Waals surface area contributed by atoms with E-state index < -0.39 is 0 Å². The molecule has 146 valence electrons. The van der Waals surface area contributed by atoms with Crippen LogP contribution in [0.1, 0.15) is 28.4 Å². The van der Waals surface area contributed by atoms with Gasteiger partial charge in [-0.05, 0) is 94.1 Å². The van der Waals surface area contributed by atoms with Crippen molar-refractivity contribution in [2.24, 2.45) is 0 Å². The molecule has 0 saturated carbocycles. The Kier molecular flexibility index (Phi) is 5.65.